The number of halogens is 1. The van der Waals surface area contributed by atoms with Gasteiger partial charge < -0.3 is 0 Å². The lowest BCUT2D eigenvalue weighted by Crippen LogP contribution is -2.19. The first kappa shape index (κ1) is 10.2. The Kier molecular flexibility index (Phi) is 5.10. The van der Waals surface area contributed by atoms with E-state index in [1.54, 1.807) is 0 Å². The van der Waals surface area contributed by atoms with Crippen LogP contribution in [0.5, 0.6) is 0 Å². The first-order valence-electron chi connectivity index (χ1n) is 3.92. The Labute approximate surface area is 68.9 Å². The fourth-order valence-electron chi connectivity index (χ4n) is 0.839. The van der Waals surface area contributed by atoms with Crippen molar-refractivity contribution in [2.24, 2.45) is 0 Å². The van der Waals surface area contributed by atoms with Crippen molar-refractivity contribution in [3.8, 4) is 0 Å². The van der Waals surface area contributed by atoms with E-state index in [1.807, 2.05) is 13.8 Å². The van der Waals surface area contributed by atoms with Crippen LogP contribution in [0.2, 0.25) is 0 Å². The summed E-state index contributed by atoms with van der Waals surface area (Å²) in [6.45, 7) is 6.21. The third kappa shape index (κ3) is 5.07. The van der Waals surface area contributed by atoms with E-state index >= 15 is 0 Å². The summed E-state index contributed by atoms with van der Waals surface area (Å²) in [6, 6.07) is 0. The summed E-state index contributed by atoms with van der Waals surface area (Å²) in [5, 5.41) is 0. The fourth-order valence-corrected chi connectivity index (χ4v) is 0.916. The van der Waals surface area contributed by atoms with E-state index in [0.29, 0.717) is 0 Å². The maximum absolute atomic E-state index is 5.27. The molecule has 0 aliphatic rings. The molecule has 0 amide bonds. The Bertz CT molecular complexity index is 81.3. The topological polar surface area (TPSA) is 9.23 Å². The molecular formula is C8H17ClO. The van der Waals surface area contributed by atoms with Crippen molar-refractivity contribution < 1.29 is 4.29 Å². The van der Waals surface area contributed by atoms with Crippen LogP contribution in [0.1, 0.15) is 46.5 Å². The van der Waals surface area contributed by atoms with Crippen molar-refractivity contribution in [2.75, 3.05) is 0 Å². The van der Waals surface area contributed by atoms with Crippen LogP contribution in [0.15, 0.2) is 0 Å². The molecule has 0 N–H and O–H groups in total. The Hall–Kier alpha value is 0.250. The molecule has 0 saturated heterocycles. The van der Waals surface area contributed by atoms with Crippen molar-refractivity contribution in [3.63, 3.8) is 0 Å². The summed E-state index contributed by atoms with van der Waals surface area (Å²) in [6.07, 6.45) is 4.77. The molecule has 1 nitrogen and oxygen atoms in total. The van der Waals surface area contributed by atoms with Gasteiger partial charge in [-0.15, -0.1) is 0 Å². The molecule has 0 aromatic heterocycles. The molecule has 0 rings (SSSR count). The molecule has 0 aliphatic carbocycles. The van der Waals surface area contributed by atoms with Gasteiger partial charge in [-0.1, -0.05) is 26.2 Å². The number of hydrogen-bond donors (Lipinski definition) is 0. The third-order valence-corrected chi connectivity index (χ3v) is 2.01. The van der Waals surface area contributed by atoms with Gasteiger partial charge in [0, 0.05) is 0 Å². The van der Waals surface area contributed by atoms with Gasteiger partial charge in [0.15, 0.2) is 0 Å². The quantitative estimate of drug-likeness (QED) is 0.565. The van der Waals surface area contributed by atoms with E-state index in [0.717, 1.165) is 6.42 Å². The summed E-state index contributed by atoms with van der Waals surface area (Å²) in [7, 11) is 0. The maximum atomic E-state index is 5.27. The fraction of sp³-hybridized carbons (Fsp3) is 1.00. The second-order valence-corrected chi connectivity index (χ2v) is 3.45. The maximum Gasteiger partial charge on any atom is 0.0841 e. The normalized spacial score (nSPS) is 12.0. The van der Waals surface area contributed by atoms with Gasteiger partial charge in [0.2, 0.25) is 0 Å². The average molecular weight is 165 g/mol. The standard InChI is InChI=1S/C8H17ClO/c1-4-5-6-7-8(2,3)10-9/h4-7H2,1-3H3. The lowest BCUT2D eigenvalue weighted by Gasteiger charge is -2.19. The van der Waals surface area contributed by atoms with Gasteiger partial charge in [-0.05, 0) is 20.3 Å². The molecule has 10 heavy (non-hydrogen) atoms. The Morgan fingerprint density at radius 2 is 1.90 bits per heavy atom. The van der Waals surface area contributed by atoms with Crippen LogP contribution in [0.3, 0.4) is 0 Å². The highest BCUT2D eigenvalue weighted by Crippen LogP contribution is 2.19. The number of rotatable bonds is 5. The summed E-state index contributed by atoms with van der Waals surface area (Å²) in [5.41, 5.74) is -0.142. The largest absolute Gasteiger partial charge is 0.273 e. The molecule has 0 radical (unpaired) electrons. The zero-order valence-corrected chi connectivity index (χ0v) is 7.87. The number of unbranched alkanes of at least 4 members (excludes halogenated alkanes) is 2. The predicted octanol–water partition coefficient (Wildman–Crippen LogP) is 3.52. The molecule has 62 valence electrons. The Morgan fingerprint density at radius 1 is 1.30 bits per heavy atom. The van der Waals surface area contributed by atoms with Gasteiger partial charge in [-0.2, -0.15) is 0 Å². The van der Waals surface area contributed by atoms with Crippen molar-refractivity contribution in [2.45, 2.75) is 52.1 Å². The summed E-state index contributed by atoms with van der Waals surface area (Å²) in [5.74, 6) is 0. The summed E-state index contributed by atoms with van der Waals surface area (Å²) < 4.78 is 4.76. The van der Waals surface area contributed by atoms with E-state index in [1.165, 1.54) is 19.3 Å². The van der Waals surface area contributed by atoms with Crippen molar-refractivity contribution in [3.05, 3.63) is 0 Å². The molecule has 0 aliphatic heterocycles. The Morgan fingerprint density at radius 3 is 2.30 bits per heavy atom. The molecule has 0 fully saturated rings. The zero-order valence-electron chi connectivity index (χ0n) is 7.11. The SMILES string of the molecule is CCCCCC(C)(C)OCl. The molecule has 0 unspecified atom stereocenters. The van der Waals surface area contributed by atoms with Crippen LogP contribution >= 0.6 is 11.9 Å². The van der Waals surface area contributed by atoms with Gasteiger partial charge in [0.25, 0.3) is 0 Å². The molecule has 0 aromatic carbocycles. The van der Waals surface area contributed by atoms with Crippen molar-refractivity contribution in [1.82, 2.24) is 0 Å². The highest BCUT2D eigenvalue weighted by atomic mass is 35.5. The van der Waals surface area contributed by atoms with Crippen LogP contribution in [-0.2, 0) is 4.29 Å². The van der Waals surface area contributed by atoms with Crippen LogP contribution < -0.4 is 0 Å². The molecule has 0 atom stereocenters. The predicted molar refractivity (Wildman–Crippen MR) is 45.2 cm³/mol. The highest BCUT2D eigenvalue weighted by molar-refractivity contribution is 6.07. The van der Waals surface area contributed by atoms with Crippen molar-refractivity contribution >= 4 is 11.9 Å². The first-order valence-corrected chi connectivity index (χ1v) is 4.23. The van der Waals surface area contributed by atoms with Gasteiger partial charge in [0.05, 0.1) is 17.5 Å². The molecule has 0 heterocycles. The minimum atomic E-state index is -0.142. The van der Waals surface area contributed by atoms with E-state index in [-0.39, 0.29) is 5.60 Å². The molecule has 2 heteroatoms. The lowest BCUT2D eigenvalue weighted by molar-refractivity contribution is 0.111. The minimum absolute atomic E-state index is 0.142. The minimum Gasteiger partial charge on any atom is -0.273 e. The molecular weight excluding hydrogens is 148 g/mol. The zero-order chi connectivity index (χ0) is 8.04. The molecule has 0 bridgehead atoms. The van der Waals surface area contributed by atoms with Gasteiger partial charge >= 0.3 is 0 Å². The molecule has 0 spiro atoms. The van der Waals surface area contributed by atoms with Crippen LogP contribution in [0.25, 0.3) is 0 Å². The molecule has 0 aromatic rings. The summed E-state index contributed by atoms with van der Waals surface area (Å²) in [4.78, 5) is 0. The smallest absolute Gasteiger partial charge is 0.0841 e. The van der Waals surface area contributed by atoms with Crippen LogP contribution in [-0.4, -0.2) is 5.60 Å². The second kappa shape index (κ2) is 4.97. The van der Waals surface area contributed by atoms with Crippen molar-refractivity contribution in [1.29, 1.82) is 0 Å². The first-order chi connectivity index (χ1) is 4.62. The van der Waals surface area contributed by atoms with E-state index in [9.17, 15) is 0 Å². The van der Waals surface area contributed by atoms with Gasteiger partial charge in [0.1, 0.15) is 0 Å². The molecule has 0 saturated carbocycles. The van der Waals surface area contributed by atoms with Crippen LogP contribution in [0.4, 0.5) is 0 Å². The Balaban J connectivity index is 3.28. The lowest BCUT2D eigenvalue weighted by atomic mass is 10.0. The van der Waals surface area contributed by atoms with E-state index in [4.69, 9.17) is 16.2 Å². The van der Waals surface area contributed by atoms with Gasteiger partial charge in [-0.25, -0.2) is 0 Å². The van der Waals surface area contributed by atoms with E-state index < -0.39 is 0 Å². The number of hydrogen-bond acceptors (Lipinski definition) is 1. The monoisotopic (exact) mass is 164 g/mol. The third-order valence-electron chi connectivity index (χ3n) is 1.59. The average Bonchev–Trinajstić information content (AvgIpc) is 1.89. The summed E-state index contributed by atoms with van der Waals surface area (Å²) >= 11 is 5.27. The van der Waals surface area contributed by atoms with E-state index in [2.05, 4.69) is 6.92 Å². The van der Waals surface area contributed by atoms with Gasteiger partial charge in [-0.3, -0.25) is 4.29 Å². The second-order valence-electron chi connectivity index (χ2n) is 3.29. The van der Waals surface area contributed by atoms with Crippen LogP contribution in [0, 0.1) is 0 Å². The highest BCUT2D eigenvalue weighted by Gasteiger charge is 2.16.